The fourth-order valence-corrected chi connectivity index (χ4v) is 4.85. The molecule has 0 unspecified atom stereocenters. The Morgan fingerprint density at radius 3 is 2.48 bits per heavy atom. The van der Waals surface area contributed by atoms with Gasteiger partial charge in [0.05, 0.1) is 30.3 Å². The van der Waals surface area contributed by atoms with Crippen molar-refractivity contribution in [1.29, 1.82) is 0 Å². The fraction of sp³-hybridized carbons (Fsp3) is 0.529. The number of anilines is 1. The van der Waals surface area contributed by atoms with E-state index >= 15 is 0 Å². The number of nitrogens with one attached hydrogen (secondary N) is 1. The number of carbonyl (C=O) groups excluding carboxylic acids is 2. The van der Waals surface area contributed by atoms with Gasteiger partial charge in [0.1, 0.15) is 21.8 Å². The average Bonchev–Trinajstić information content (AvgIpc) is 3.00. The normalized spacial score (nSPS) is 22.4. The van der Waals surface area contributed by atoms with E-state index in [0.29, 0.717) is 18.4 Å². The van der Waals surface area contributed by atoms with E-state index in [4.69, 9.17) is 4.74 Å². The van der Waals surface area contributed by atoms with E-state index in [1.54, 1.807) is 5.32 Å². The third-order valence-electron chi connectivity index (χ3n) is 4.91. The van der Waals surface area contributed by atoms with Gasteiger partial charge in [0, 0.05) is 0 Å². The molecule has 0 aliphatic carbocycles. The van der Waals surface area contributed by atoms with Crippen molar-refractivity contribution in [2.24, 2.45) is 0 Å². The van der Waals surface area contributed by atoms with Crippen LogP contribution in [-0.2, 0) is 19.4 Å². The molecule has 1 aromatic rings. The van der Waals surface area contributed by atoms with Crippen LogP contribution in [0.15, 0.2) is 18.2 Å². The van der Waals surface area contributed by atoms with Gasteiger partial charge in [0.25, 0.3) is 0 Å². The lowest BCUT2D eigenvalue weighted by Crippen LogP contribution is -2.41. The van der Waals surface area contributed by atoms with Crippen LogP contribution in [0.3, 0.4) is 0 Å². The van der Waals surface area contributed by atoms with Gasteiger partial charge in [-0.3, -0.25) is 9.69 Å². The second kappa shape index (κ2) is 7.81. The first kappa shape index (κ1) is 21.3. The summed E-state index contributed by atoms with van der Waals surface area (Å²) >= 11 is 0. The van der Waals surface area contributed by atoms with Crippen LogP contribution in [-0.4, -0.2) is 57.3 Å². The predicted octanol–water partition coefficient (Wildman–Crippen LogP) is 2.12. The molecule has 2 aliphatic heterocycles. The van der Waals surface area contributed by atoms with E-state index in [-0.39, 0.29) is 29.7 Å². The molecule has 2 fully saturated rings. The van der Waals surface area contributed by atoms with Gasteiger partial charge >= 0.3 is 18.2 Å². The van der Waals surface area contributed by atoms with Crippen molar-refractivity contribution in [1.82, 2.24) is 5.32 Å². The predicted molar refractivity (Wildman–Crippen MR) is 93.7 cm³/mol. The highest BCUT2D eigenvalue weighted by molar-refractivity contribution is 7.91. The van der Waals surface area contributed by atoms with E-state index < -0.39 is 46.5 Å². The van der Waals surface area contributed by atoms with Crippen molar-refractivity contribution >= 4 is 27.5 Å². The maximum atomic E-state index is 14.6. The molecule has 2 saturated heterocycles. The van der Waals surface area contributed by atoms with E-state index in [1.807, 2.05) is 0 Å². The zero-order chi connectivity index (χ0) is 21.4. The topological polar surface area (TPSA) is 92.8 Å². The standard InChI is InChI=1S/C17H18F4N2O5S/c18-14-7-11(1-2-13(14)10-3-5-29(26,27)6-4-10)23-9-12(28-16(23)25)8-22-15(24)17(19,20)21/h1-2,7,10,12H,3-6,8-9H2,(H,22,24)/t12-/m0/s1. The number of cyclic esters (lactones) is 1. The van der Waals surface area contributed by atoms with Gasteiger partial charge in [-0.05, 0) is 36.5 Å². The number of ether oxygens (including phenoxy) is 1. The molecule has 29 heavy (non-hydrogen) atoms. The minimum Gasteiger partial charge on any atom is -0.442 e. The molecular formula is C17H18F4N2O5S. The fourth-order valence-electron chi connectivity index (χ4n) is 3.36. The summed E-state index contributed by atoms with van der Waals surface area (Å²) in [5.74, 6) is -3.01. The highest BCUT2D eigenvalue weighted by atomic mass is 32.2. The Balaban J connectivity index is 1.64. The molecule has 7 nitrogen and oxygen atoms in total. The van der Waals surface area contributed by atoms with Gasteiger partial charge in [-0.25, -0.2) is 17.6 Å². The molecule has 0 saturated carbocycles. The minimum absolute atomic E-state index is 0.0113. The molecule has 0 aromatic heterocycles. The number of hydrogen-bond donors (Lipinski definition) is 1. The van der Waals surface area contributed by atoms with Crippen LogP contribution in [0, 0.1) is 5.82 Å². The lowest BCUT2D eigenvalue weighted by molar-refractivity contribution is -0.173. The Morgan fingerprint density at radius 1 is 1.24 bits per heavy atom. The molecule has 2 heterocycles. The Morgan fingerprint density at radius 2 is 1.90 bits per heavy atom. The second-order valence-corrected chi connectivity index (χ2v) is 9.26. The SMILES string of the molecule is O=C1O[C@@H](CNC(=O)C(F)(F)F)CN1c1ccc(C2CCS(=O)(=O)CC2)c(F)c1. The maximum absolute atomic E-state index is 14.6. The second-order valence-electron chi connectivity index (χ2n) is 6.96. The Hall–Kier alpha value is -2.37. The molecule has 3 rings (SSSR count). The quantitative estimate of drug-likeness (QED) is 0.727. The number of nitrogens with zero attached hydrogens (tertiary/aromatic N) is 1. The van der Waals surface area contributed by atoms with Crippen LogP contribution in [0.2, 0.25) is 0 Å². The summed E-state index contributed by atoms with van der Waals surface area (Å²) in [7, 11) is -3.08. The van der Waals surface area contributed by atoms with Crippen molar-refractivity contribution in [3.8, 4) is 0 Å². The molecule has 12 heteroatoms. The van der Waals surface area contributed by atoms with Gasteiger partial charge in [0.2, 0.25) is 0 Å². The molecule has 2 aliphatic rings. The van der Waals surface area contributed by atoms with Gasteiger partial charge in [-0.1, -0.05) is 6.07 Å². The summed E-state index contributed by atoms with van der Waals surface area (Å²) in [6, 6.07) is 4.05. The Kier molecular flexibility index (Phi) is 5.74. The van der Waals surface area contributed by atoms with Crippen LogP contribution < -0.4 is 10.2 Å². The molecule has 0 spiro atoms. The number of halogens is 4. The largest absolute Gasteiger partial charge is 0.471 e. The third kappa shape index (κ3) is 4.98. The third-order valence-corrected chi connectivity index (χ3v) is 6.63. The first-order chi connectivity index (χ1) is 13.5. The Labute approximate surface area is 163 Å². The lowest BCUT2D eigenvalue weighted by atomic mass is 9.93. The number of sulfone groups is 1. The smallest absolute Gasteiger partial charge is 0.442 e. The molecule has 1 aromatic carbocycles. The summed E-state index contributed by atoms with van der Waals surface area (Å²) in [6.07, 6.45) is -6.30. The van der Waals surface area contributed by atoms with Gasteiger partial charge < -0.3 is 10.1 Å². The molecule has 160 valence electrons. The van der Waals surface area contributed by atoms with Crippen LogP contribution in [0.25, 0.3) is 0 Å². The first-order valence-corrected chi connectivity index (χ1v) is 10.6. The molecule has 0 radical (unpaired) electrons. The van der Waals surface area contributed by atoms with E-state index in [9.17, 15) is 35.6 Å². The van der Waals surface area contributed by atoms with E-state index in [1.165, 1.54) is 12.1 Å². The van der Waals surface area contributed by atoms with Gasteiger partial charge in [-0.2, -0.15) is 13.2 Å². The number of carbonyl (C=O) groups is 2. The molecule has 0 bridgehead atoms. The van der Waals surface area contributed by atoms with Crippen LogP contribution in [0.5, 0.6) is 0 Å². The first-order valence-electron chi connectivity index (χ1n) is 8.79. The van der Waals surface area contributed by atoms with Crippen LogP contribution in [0.1, 0.15) is 24.3 Å². The minimum atomic E-state index is -5.04. The summed E-state index contributed by atoms with van der Waals surface area (Å²) in [4.78, 5) is 23.9. The average molecular weight is 438 g/mol. The number of amides is 2. The number of alkyl halides is 3. The summed E-state index contributed by atoms with van der Waals surface area (Å²) in [5, 5.41) is 1.64. The zero-order valence-electron chi connectivity index (χ0n) is 15.0. The van der Waals surface area contributed by atoms with E-state index in [2.05, 4.69) is 0 Å². The number of benzene rings is 1. The van der Waals surface area contributed by atoms with Crippen molar-refractivity contribution < 1.29 is 40.3 Å². The molecule has 1 N–H and O–H groups in total. The van der Waals surface area contributed by atoms with Gasteiger partial charge in [0.15, 0.2) is 0 Å². The monoisotopic (exact) mass is 438 g/mol. The van der Waals surface area contributed by atoms with Crippen molar-refractivity contribution in [2.75, 3.05) is 29.5 Å². The maximum Gasteiger partial charge on any atom is 0.471 e. The Bertz CT molecular complexity index is 905. The number of rotatable bonds is 4. The highest BCUT2D eigenvalue weighted by Crippen LogP contribution is 2.33. The molecule has 2 amide bonds. The summed E-state index contributed by atoms with van der Waals surface area (Å²) in [5.41, 5.74) is 0.509. The van der Waals surface area contributed by atoms with Crippen molar-refractivity contribution in [2.45, 2.75) is 31.0 Å². The lowest BCUT2D eigenvalue weighted by Gasteiger charge is -2.23. The van der Waals surface area contributed by atoms with Crippen molar-refractivity contribution in [3.05, 3.63) is 29.6 Å². The molecule has 1 atom stereocenters. The molecular weight excluding hydrogens is 420 g/mol. The number of hydrogen-bond acceptors (Lipinski definition) is 5. The highest BCUT2D eigenvalue weighted by Gasteiger charge is 2.40. The van der Waals surface area contributed by atoms with Crippen LogP contribution in [0.4, 0.5) is 28.0 Å². The van der Waals surface area contributed by atoms with Crippen LogP contribution >= 0.6 is 0 Å². The van der Waals surface area contributed by atoms with Crippen molar-refractivity contribution in [3.63, 3.8) is 0 Å². The summed E-state index contributed by atoms with van der Waals surface area (Å²) in [6.45, 7) is -0.685. The van der Waals surface area contributed by atoms with E-state index in [0.717, 1.165) is 11.0 Å². The summed E-state index contributed by atoms with van der Waals surface area (Å²) < 4.78 is 79.2. The van der Waals surface area contributed by atoms with Gasteiger partial charge in [-0.15, -0.1) is 0 Å². The zero-order valence-corrected chi connectivity index (χ0v) is 15.9.